The molecule has 0 fully saturated rings. The number of hydrogen-bond acceptors (Lipinski definition) is 5. The Kier molecular flexibility index (Phi) is 5.13. The Labute approximate surface area is 141 Å². The van der Waals surface area contributed by atoms with Gasteiger partial charge in [-0.25, -0.2) is 9.97 Å². The van der Waals surface area contributed by atoms with Crippen LogP contribution in [0.15, 0.2) is 60.9 Å². The Hall–Kier alpha value is -2.79. The van der Waals surface area contributed by atoms with Crippen LogP contribution in [-0.2, 0) is 4.74 Å². The molecule has 0 radical (unpaired) electrons. The highest BCUT2D eigenvalue weighted by Gasteiger charge is 2.09. The second-order valence-electron chi connectivity index (χ2n) is 5.59. The van der Waals surface area contributed by atoms with E-state index in [1.807, 2.05) is 43.3 Å². The summed E-state index contributed by atoms with van der Waals surface area (Å²) in [5, 5.41) is 4.34. The van der Waals surface area contributed by atoms with Crippen LogP contribution in [0.4, 0.5) is 5.82 Å². The molecular formula is C19H20N4O. The minimum Gasteiger partial charge on any atom is -0.375 e. The van der Waals surface area contributed by atoms with Gasteiger partial charge in [0.2, 0.25) is 0 Å². The minimum absolute atomic E-state index is 0.577. The number of fused-ring (bicyclic) bond motifs is 1. The zero-order chi connectivity index (χ0) is 16.8. The number of benzene rings is 1. The van der Waals surface area contributed by atoms with Crippen molar-refractivity contribution in [2.24, 2.45) is 0 Å². The van der Waals surface area contributed by atoms with Crippen LogP contribution in [0.5, 0.6) is 0 Å². The zero-order valence-electron chi connectivity index (χ0n) is 13.7. The molecule has 5 nitrogen and oxygen atoms in total. The van der Waals surface area contributed by atoms with Crippen molar-refractivity contribution in [2.45, 2.75) is 6.92 Å². The third-order valence-corrected chi connectivity index (χ3v) is 3.41. The SMILES string of the molecule is C=C(C)COCCNc1nc(-c2cccnc2)nc2ccccc12. The van der Waals surface area contributed by atoms with E-state index in [0.29, 0.717) is 25.6 Å². The number of hydrogen-bond donors (Lipinski definition) is 1. The van der Waals surface area contributed by atoms with E-state index >= 15 is 0 Å². The van der Waals surface area contributed by atoms with Gasteiger partial charge in [-0.3, -0.25) is 4.98 Å². The summed E-state index contributed by atoms with van der Waals surface area (Å²) in [6, 6.07) is 11.8. The molecule has 3 aromatic rings. The number of aromatic nitrogens is 3. The summed E-state index contributed by atoms with van der Waals surface area (Å²) in [6.07, 6.45) is 3.51. The summed E-state index contributed by atoms with van der Waals surface area (Å²) >= 11 is 0. The van der Waals surface area contributed by atoms with Crippen LogP contribution in [0, 0.1) is 0 Å². The molecule has 0 spiro atoms. The second kappa shape index (κ2) is 7.66. The van der Waals surface area contributed by atoms with E-state index in [1.165, 1.54) is 0 Å². The largest absolute Gasteiger partial charge is 0.375 e. The molecule has 0 saturated carbocycles. The average Bonchev–Trinajstić information content (AvgIpc) is 2.61. The fourth-order valence-electron chi connectivity index (χ4n) is 2.32. The summed E-state index contributed by atoms with van der Waals surface area (Å²) < 4.78 is 5.53. The highest BCUT2D eigenvalue weighted by atomic mass is 16.5. The van der Waals surface area contributed by atoms with Crippen molar-refractivity contribution in [1.82, 2.24) is 15.0 Å². The third-order valence-electron chi connectivity index (χ3n) is 3.41. The first-order chi connectivity index (χ1) is 11.7. The Morgan fingerprint density at radius 1 is 1.17 bits per heavy atom. The zero-order valence-corrected chi connectivity index (χ0v) is 13.7. The van der Waals surface area contributed by atoms with Gasteiger partial charge in [0.1, 0.15) is 5.82 Å². The molecule has 2 aromatic heterocycles. The van der Waals surface area contributed by atoms with Crippen LogP contribution in [0.3, 0.4) is 0 Å². The van der Waals surface area contributed by atoms with Crippen LogP contribution in [0.25, 0.3) is 22.3 Å². The van der Waals surface area contributed by atoms with Gasteiger partial charge in [0.15, 0.2) is 5.82 Å². The summed E-state index contributed by atoms with van der Waals surface area (Å²) in [5.74, 6) is 1.46. The lowest BCUT2D eigenvalue weighted by atomic mass is 10.2. The average molecular weight is 320 g/mol. The number of pyridine rings is 1. The first kappa shape index (κ1) is 16.1. The van der Waals surface area contributed by atoms with E-state index in [9.17, 15) is 0 Å². The molecule has 1 aromatic carbocycles. The molecule has 0 aliphatic rings. The topological polar surface area (TPSA) is 59.9 Å². The van der Waals surface area contributed by atoms with Gasteiger partial charge in [-0.05, 0) is 31.2 Å². The molecule has 0 bridgehead atoms. The smallest absolute Gasteiger partial charge is 0.163 e. The predicted molar refractivity (Wildman–Crippen MR) is 96.9 cm³/mol. The Morgan fingerprint density at radius 3 is 2.83 bits per heavy atom. The maximum atomic E-state index is 5.53. The molecule has 2 heterocycles. The standard InChI is InChI=1S/C19H20N4O/c1-14(2)13-24-11-10-21-19-16-7-3-4-8-17(16)22-18(23-19)15-6-5-9-20-12-15/h3-9,12H,1,10-11,13H2,2H3,(H,21,22,23). The van der Waals surface area contributed by atoms with Crippen molar-refractivity contribution in [1.29, 1.82) is 0 Å². The number of para-hydroxylation sites is 1. The molecule has 3 rings (SSSR count). The molecule has 1 N–H and O–H groups in total. The second-order valence-corrected chi connectivity index (χ2v) is 5.59. The highest BCUT2D eigenvalue weighted by molar-refractivity contribution is 5.90. The number of anilines is 1. The quantitative estimate of drug-likeness (QED) is 0.531. The van der Waals surface area contributed by atoms with Gasteiger partial charge in [0.25, 0.3) is 0 Å². The number of rotatable bonds is 7. The van der Waals surface area contributed by atoms with E-state index in [0.717, 1.165) is 27.9 Å². The lowest BCUT2D eigenvalue weighted by Crippen LogP contribution is -2.12. The Morgan fingerprint density at radius 2 is 2.04 bits per heavy atom. The van der Waals surface area contributed by atoms with Crippen molar-refractivity contribution in [3.8, 4) is 11.4 Å². The van der Waals surface area contributed by atoms with Crippen molar-refractivity contribution < 1.29 is 4.74 Å². The molecule has 0 unspecified atom stereocenters. The summed E-state index contributed by atoms with van der Waals surface area (Å²) in [5.41, 5.74) is 2.81. The van der Waals surface area contributed by atoms with Gasteiger partial charge < -0.3 is 10.1 Å². The normalized spacial score (nSPS) is 10.7. The van der Waals surface area contributed by atoms with Gasteiger partial charge in [0, 0.05) is 29.9 Å². The van der Waals surface area contributed by atoms with Crippen LogP contribution < -0.4 is 5.32 Å². The lowest BCUT2D eigenvalue weighted by molar-refractivity contribution is 0.167. The van der Waals surface area contributed by atoms with Crippen molar-refractivity contribution in [3.63, 3.8) is 0 Å². The summed E-state index contributed by atoms with van der Waals surface area (Å²) in [4.78, 5) is 13.5. The molecule has 0 aliphatic carbocycles. The van der Waals surface area contributed by atoms with Gasteiger partial charge in [-0.2, -0.15) is 0 Å². The molecule has 24 heavy (non-hydrogen) atoms. The predicted octanol–water partition coefficient (Wildman–Crippen LogP) is 3.70. The maximum Gasteiger partial charge on any atom is 0.163 e. The van der Waals surface area contributed by atoms with Gasteiger partial charge >= 0.3 is 0 Å². The fourth-order valence-corrected chi connectivity index (χ4v) is 2.32. The fraction of sp³-hybridized carbons (Fsp3) is 0.211. The lowest BCUT2D eigenvalue weighted by Gasteiger charge is -2.11. The van der Waals surface area contributed by atoms with Gasteiger partial charge in [-0.15, -0.1) is 0 Å². The first-order valence-corrected chi connectivity index (χ1v) is 7.87. The van der Waals surface area contributed by atoms with Crippen LogP contribution in [-0.4, -0.2) is 34.7 Å². The number of nitrogens with one attached hydrogen (secondary N) is 1. The van der Waals surface area contributed by atoms with Crippen molar-refractivity contribution in [3.05, 3.63) is 60.9 Å². The van der Waals surface area contributed by atoms with Gasteiger partial charge in [-0.1, -0.05) is 24.3 Å². The van der Waals surface area contributed by atoms with Crippen LogP contribution in [0.2, 0.25) is 0 Å². The third kappa shape index (κ3) is 3.94. The monoisotopic (exact) mass is 320 g/mol. The van der Waals surface area contributed by atoms with E-state index in [1.54, 1.807) is 12.4 Å². The van der Waals surface area contributed by atoms with E-state index in [4.69, 9.17) is 4.74 Å². The van der Waals surface area contributed by atoms with Crippen LogP contribution in [0.1, 0.15) is 6.92 Å². The van der Waals surface area contributed by atoms with Crippen molar-refractivity contribution in [2.75, 3.05) is 25.1 Å². The van der Waals surface area contributed by atoms with Crippen molar-refractivity contribution >= 4 is 16.7 Å². The van der Waals surface area contributed by atoms with Gasteiger partial charge in [0.05, 0.1) is 18.7 Å². The Bertz CT molecular complexity index is 833. The summed E-state index contributed by atoms with van der Waals surface area (Å²) in [6.45, 7) is 7.61. The number of ether oxygens (including phenoxy) is 1. The molecule has 0 amide bonds. The molecule has 122 valence electrons. The minimum atomic E-state index is 0.577. The first-order valence-electron chi connectivity index (χ1n) is 7.87. The number of nitrogens with zero attached hydrogens (tertiary/aromatic N) is 3. The molecule has 0 aliphatic heterocycles. The van der Waals surface area contributed by atoms with E-state index in [-0.39, 0.29) is 0 Å². The van der Waals surface area contributed by atoms with E-state index < -0.39 is 0 Å². The highest BCUT2D eigenvalue weighted by Crippen LogP contribution is 2.24. The molecule has 5 heteroatoms. The van der Waals surface area contributed by atoms with E-state index in [2.05, 4.69) is 26.8 Å². The maximum absolute atomic E-state index is 5.53. The molecule has 0 atom stereocenters. The van der Waals surface area contributed by atoms with Crippen LogP contribution >= 0.6 is 0 Å². The molecule has 0 saturated heterocycles. The Balaban J connectivity index is 1.84. The summed E-state index contributed by atoms with van der Waals surface area (Å²) in [7, 11) is 0. The molecular weight excluding hydrogens is 300 g/mol.